The molecule has 1 aliphatic heterocycles. The van der Waals surface area contributed by atoms with Gasteiger partial charge in [0.05, 0.1) is 12.5 Å². The number of nitrogens with one attached hydrogen (secondary N) is 1. The van der Waals surface area contributed by atoms with E-state index in [1.807, 2.05) is 11.8 Å². The van der Waals surface area contributed by atoms with Crippen molar-refractivity contribution in [3.8, 4) is 0 Å². The van der Waals surface area contributed by atoms with Crippen molar-refractivity contribution in [2.24, 2.45) is 5.92 Å². The van der Waals surface area contributed by atoms with Gasteiger partial charge in [0.25, 0.3) is 0 Å². The van der Waals surface area contributed by atoms with Gasteiger partial charge in [0, 0.05) is 31.6 Å². The van der Waals surface area contributed by atoms with Crippen molar-refractivity contribution in [2.45, 2.75) is 64.5 Å². The maximum absolute atomic E-state index is 11.8. The molecule has 0 radical (unpaired) electrons. The van der Waals surface area contributed by atoms with Gasteiger partial charge in [0.15, 0.2) is 0 Å². The lowest BCUT2D eigenvalue weighted by atomic mass is 9.85. The third-order valence-corrected chi connectivity index (χ3v) is 4.48. The minimum atomic E-state index is -0.0497. The first kappa shape index (κ1) is 16.3. The van der Waals surface area contributed by atoms with E-state index in [1.165, 1.54) is 0 Å². The quantitative estimate of drug-likeness (QED) is 0.758. The van der Waals surface area contributed by atoms with Crippen LogP contribution in [0.15, 0.2) is 0 Å². The number of likely N-dealkylation sites (tertiary alicyclic amines) is 1. The van der Waals surface area contributed by atoms with Gasteiger partial charge in [-0.2, -0.15) is 0 Å². The molecule has 0 spiro atoms. The van der Waals surface area contributed by atoms with Gasteiger partial charge in [-0.15, -0.1) is 0 Å². The fraction of sp³-hybridized carbons (Fsp3) is 0.875. The SMILES string of the molecule is CCOC(=O)C1CCCC(NC(C)CN2CCCC2=O)C1. The van der Waals surface area contributed by atoms with E-state index >= 15 is 0 Å². The zero-order valence-electron chi connectivity index (χ0n) is 13.3. The van der Waals surface area contributed by atoms with E-state index in [-0.39, 0.29) is 23.8 Å². The Bertz CT molecular complexity index is 373. The minimum Gasteiger partial charge on any atom is -0.466 e. The van der Waals surface area contributed by atoms with Crippen LogP contribution in [-0.4, -0.2) is 48.6 Å². The van der Waals surface area contributed by atoms with Gasteiger partial charge in [0.2, 0.25) is 5.91 Å². The van der Waals surface area contributed by atoms with Gasteiger partial charge in [-0.25, -0.2) is 0 Å². The molecule has 1 amide bonds. The van der Waals surface area contributed by atoms with Crippen LogP contribution in [0.3, 0.4) is 0 Å². The Balaban J connectivity index is 1.76. The molecular formula is C16H28N2O3. The highest BCUT2D eigenvalue weighted by molar-refractivity contribution is 5.78. The van der Waals surface area contributed by atoms with Crippen molar-refractivity contribution in [3.63, 3.8) is 0 Å². The molecule has 5 heteroatoms. The molecule has 0 aromatic heterocycles. The Kier molecular flexibility index (Phi) is 6.03. The van der Waals surface area contributed by atoms with E-state index < -0.39 is 0 Å². The van der Waals surface area contributed by atoms with Crippen LogP contribution in [0.5, 0.6) is 0 Å². The van der Waals surface area contributed by atoms with Gasteiger partial charge >= 0.3 is 5.97 Å². The largest absolute Gasteiger partial charge is 0.466 e. The zero-order chi connectivity index (χ0) is 15.2. The Morgan fingerprint density at radius 2 is 2.24 bits per heavy atom. The normalized spacial score (nSPS) is 27.7. The van der Waals surface area contributed by atoms with E-state index in [1.54, 1.807) is 0 Å². The van der Waals surface area contributed by atoms with Crippen molar-refractivity contribution in [2.75, 3.05) is 19.7 Å². The highest BCUT2D eigenvalue weighted by Crippen LogP contribution is 2.26. The smallest absolute Gasteiger partial charge is 0.308 e. The lowest BCUT2D eigenvalue weighted by Crippen LogP contribution is -2.46. The van der Waals surface area contributed by atoms with Crippen molar-refractivity contribution in [1.82, 2.24) is 10.2 Å². The zero-order valence-corrected chi connectivity index (χ0v) is 13.3. The highest BCUT2D eigenvalue weighted by Gasteiger charge is 2.29. The maximum atomic E-state index is 11.8. The number of ether oxygens (including phenoxy) is 1. The fourth-order valence-electron chi connectivity index (χ4n) is 3.50. The second kappa shape index (κ2) is 7.78. The summed E-state index contributed by atoms with van der Waals surface area (Å²) in [5, 5.41) is 3.59. The molecule has 120 valence electrons. The molecule has 2 aliphatic rings. The average Bonchev–Trinajstić information content (AvgIpc) is 2.84. The van der Waals surface area contributed by atoms with Crippen LogP contribution in [0.1, 0.15) is 52.4 Å². The average molecular weight is 296 g/mol. The fourth-order valence-corrected chi connectivity index (χ4v) is 3.50. The lowest BCUT2D eigenvalue weighted by molar-refractivity contribution is -0.149. The molecule has 1 N–H and O–H groups in total. The van der Waals surface area contributed by atoms with Crippen molar-refractivity contribution in [1.29, 1.82) is 0 Å². The molecule has 0 aromatic carbocycles. The highest BCUT2D eigenvalue weighted by atomic mass is 16.5. The van der Waals surface area contributed by atoms with E-state index in [0.29, 0.717) is 19.1 Å². The summed E-state index contributed by atoms with van der Waals surface area (Å²) in [6.45, 7) is 6.10. The monoisotopic (exact) mass is 296 g/mol. The van der Waals surface area contributed by atoms with Crippen LogP contribution in [-0.2, 0) is 14.3 Å². The number of hydrogen-bond acceptors (Lipinski definition) is 4. The summed E-state index contributed by atoms with van der Waals surface area (Å²) in [4.78, 5) is 25.4. The lowest BCUT2D eigenvalue weighted by Gasteiger charge is -2.32. The second-order valence-corrected chi connectivity index (χ2v) is 6.32. The summed E-state index contributed by atoms with van der Waals surface area (Å²) in [7, 11) is 0. The van der Waals surface area contributed by atoms with Gasteiger partial charge in [-0.05, 0) is 39.5 Å². The molecule has 3 unspecified atom stereocenters. The summed E-state index contributed by atoms with van der Waals surface area (Å²) in [5.41, 5.74) is 0. The van der Waals surface area contributed by atoms with Crippen LogP contribution in [0.4, 0.5) is 0 Å². The van der Waals surface area contributed by atoms with Crippen LogP contribution in [0.2, 0.25) is 0 Å². The van der Waals surface area contributed by atoms with Crippen LogP contribution in [0, 0.1) is 5.92 Å². The Hall–Kier alpha value is -1.10. The molecule has 1 heterocycles. The third kappa shape index (κ3) is 4.70. The van der Waals surface area contributed by atoms with Crippen LogP contribution < -0.4 is 5.32 Å². The van der Waals surface area contributed by atoms with E-state index in [2.05, 4.69) is 12.2 Å². The van der Waals surface area contributed by atoms with Gasteiger partial charge in [-0.1, -0.05) is 6.42 Å². The molecular weight excluding hydrogens is 268 g/mol. The van der Waals surface area contributed by atoms with Crippen LogP contribution >= 0.6 is 0 Å². The molecule has 2 fully saturated rings. The van der Waals surface area contributed by atoms with Gasteiger partial charge in [0.1, 0.15) is 0 Å². The first-order valence-electron chi connectivity index (χ1n) is 8.30. The van der Waals surface area contributed by atoms with E-state index in [4.69, 9.17) is 4.74 Å². The summed E-state index contributed by atoms with van der Waals surface area (Å²) < 4.78 is 5.14. The number of nitrogens with zero attached hydrogens (tertiary/aromatic N) is 1. The molecule has 3 atom stereocenters. The molecule has 0 bridgehead atoms. The number of esters is 1. The Morgan fingerprint density at radius 1 is 1.43 bits per heavy atom. The summed E-state index contributed by atoms with van der Waals surface area (Å²) in [6.07, 6.45) is 5.65. The third-order valence-electron chi connectivity index (χ3n) is 4.48. The topological polar surface area (TPSA) is 58.6 Å². The molecule has 21 heavy (non-hydrogen) atoms. The first-order valence-corrected chi connectivity index (χ1v) is 8.30. The molecule has 0 aromatic rings. The Labute approximate surface area is 127 Å². The molecule has 1 saturated carbocycles. The molecule has 5 nitrogen and oxygen atoms in total. The number of hydrogen-bond donors (Lipinski definition) is 1. The number of amides is 1. The summed E-state index contributed by atoms with van der Waals surface area (Å²) in [5.74, 6) is 0.264. The van der Waals surface area contributed by atoms with Gasteiger partial charge in [-0.3, -0.25) is 9.59 Å². The summed E-state index contributed by atoms with van der Waals surface area (Å²) >= 11 is 0. The van der Waals surface area contributed by atoms with Crippen LogP contribution in [0.25, 0.3) is 0 Å². The molecule has 2 rings (SSSR count). The number of carbonyl (C=O) groups is 2. The van der Waals surface area contributed by atoms with E-state index in [0.717, 1.165) is 45.2 Å². The van der Waals surface area contributed by atoms with Crippen molar-refractivity contribution >= 4 is 11.9 Å². The summed E-state index contributed by atoms with van der Waals surface area (Å²) in [6, 6.07) is 0.638. The van der Waals surface area contributed by atoms with Gasteiger partial charge < -0.3 is 15.0 Å². The first-order chi connectivity index (χ1) is 10.1. The second-order valence-electron chi connectivity index (χ2n) is 6.32. The maximum Gasteiger partial charge on any atom is 0.308 e. The van der Waals surface area contributed by atoms with E-state index in [9.17, 15) is 9.59 Å². The Morgan fingerprint density at radius 3 is 2.90 bits per heavy atom. The predicted molar refractivity (Wildman–Crippen MR) is 80.8 cm³/mol. The number of carbonyl (C=O) groups excluding carboxylic acids is 2. The minimum absolute atomic E-state index is 0.0387. The molecule has 1 aliphatic carbocycles. The predicted octanol–water partition coefficient (Wildman–Crippen LogP) is 1.71. The standard InChI is InChI=1S/C16H28N2O3/c1-3-21-16(20)13-6-4-7-14(10-13)17-12(2)11-18-9-5-8-15(18)19/h12-14,17H,3-11H2,1-2H3. The number of rotatable bonds is 6. The van der Waals surface area contributed by atoms with Crippen molar-refractivity contribution < 1.29 is 14.3 Å². The van der Waals surface area contributed by atoms with Crippen molar-refractivity contribution in [3.05, 3.63) is 0 Å². The molecule has 1 saturated heterocycles.